The van der Waals surface area contributed by atoms with Crippen molar-refractivity contribution in [2.24, 2.45) is 5.73 Å². The van der Waals surface area contributed by atoms with Crippen LogP contribution in [0.25, 0.3) is 0 Å². The molecule has 1 aromatic carbocycles. The Morgan fingerprint density at radius 3 is 2.86 bits per heavy atom. The van der Waals surface area contributed by atoms with E-state index in [9.17, 15) is 0 Å². The fourth-order valence-electron chi connectivity index (χ4n) is 1.23. The highest BCUT2D eigenvalue weighted by Crippen LogP contribution is 2.23. The van der Waals surface area contributed by atoms with Crippen LogP contribution in [0.2, 0.25) is 0 Å². The molecule has 0 fully saturated rings. The van der Waals surface area contributed by atoms with Gasteiger partial charge in [-0.15, -0.1) is 0 Å². The summed E-state index contributed by atoms with van der Waals surface area (Å²) in [6.07, 6.45) is 0. The van der Waals surface area contributed by atoms with Crippen LogP contribution in [-0.4, -0.2) is 6.61 Å². The first-order valence-electron chi connectivity index (χ1n) is 4.39. The number of para-hydroxylation sites is 1. The lowest BCUT2D eigenvalue weighted by Crippen LogP contribution is -2.05. The zero-order valence-electron chi connectivity index (χ0n) is 8.22. The first-order chi connectivity index (χ1) is 6.65. The quantitative estimate of drug-likeness (QED) is 0.831. The van der Waals surface area contributed by atoms with Gasteiger partial charge in [0.15, 0.2) is 0 Å². The molecule has 1 rings (SSSR count). The van der Waals surface area contributed by atoms with Crippen LogP contribution in [0.15, 0.2) is 29.8 Å². The third-order valence-corrected chi connectivity index (χ3v) is 2.00. The Morgan fingerprint density at radius 2 is 2.29 bits per heavy atom. The van der Waals surface area contributed by atoms with Crippen molar-refractivity contribution >= 4 is 11.6 Å². The zero-order chi connectivity index (χ0) is 10.6. The Labute approximate surface area is 89.3 Å². The number of benzene rings is 1. The molecule has 0 saturated carbocycles. The molecule has 0 aliphatic carbocycles. The van der Waals surface area contributed by atoms with Gasteiger partial charge in [-0.3, -0.25) is 0 Å². The van der Waals surface area contributed by atoms with Gasteiger partial charge in [0.1, 0.15) is 12.4 Å². The highest BCUT2D eigenvalue weighted by molar-refractivity contribution is 6.29. The molecule has 0 aliphatic heterocycles. The maximum Gasteiger partial charge on any atom is 0.127 e. The summed E-state index contributed by atoms with van der Waals surface area (Å²) in [5.74, 6) is 0.816. The first-order valence-corrected chi connectivity index (χ1v) is 4.77. The molecule has 0 radical (unpaired) electrons. The number of hydrogen-bond donors (Lipinski definition) is 1. The molecule has 0 heterocycles. The summed E-state index contributed by atoms with van der Waals surface area (Å²) in [7, 11) is 0. The van der Waals surface area contributed by atoms with Gasteiger partial charge < -0.3 is 10.5 Å². The molecule has 0 unspecified atom stereocenters. The van der Waals surface area contributed by atoms with E-state index in [1.807, 2.05) is 25.1 Å². The second-order valence-electron chi connectivity index (χ2n) is 3.07. The van der Waals surface area contributed by atoms with E-state index in [0.717, 1.165) is 16.9 Å². The van der Waals surface area contributed by atoms with Gasteiger partial charge in [-0.1, -0.05) is 36.4 Å². The van der Waals surface area contributed by atoms with Crippen LogP contribution in [0.4, 0.5) is 0 Å². The van der Waals surface area contributed by atoms with Crippen LogP contribution in [0.3, 0.4) is 0 Å². The van der Waals surface area contributed by atoms with E-state index in [1.54, 1.807) is 0 Å². The maximum absolute atomic E-state index is 5.62. The van der Waals surface area contributed by atoms with E-state index in [-0.39, 0.29) is 0 Å². The van der Waals surface area contributed by atoms with Gasteiger partial charge in [-0.2, -0.15) is 0 Å². The summed E-state index contributed by atoms with van der Waals surface area (Å²) in [4.78, 5) is 0. The Balaban J connectivity index is 2.87. The van der Waals surface area contributed by atoms with Crippen LogP contribution in [0, 0.1) is 6.92 Å². The molecule has 0 atom stereocenters. The lowest BCUT2D eigenvalue weighted by Gasteiger charge is -2.12. The van der Waals surface area contributed by atoms with E-state index in [0.29, 0.717) is 18.2 Å². The molecule has 2 N–H and O–H groups in total. The van der Waals surface area contributed by atoms with E-state index in [1.165, 1.54) is 0 Å². The van der Waals surface area contributed by atoms with E-state index >= 15 is 0 Å². The predicted octanol–water partition coefficient (Wildman–Crippen LogP) is 2.59. The minimum absolute atomic E-state index is 0.319. The molecule has 1 aromatic rings. The summed E-state index contributed by atoms with van der Waals surface area (Å²) in [5.41, 5.74) is 7.64. The van der Waals surface area contributed by atoms with Crippen molar-refractivity contribution in [2.75, 3.05) is 6.61 Å². The SMILES string of the molecule is C=C(Cl)COc1c(C)cccc1CN. The second-order valence-corrected chi connectivity index (χ2v) is 3.61. The summed E-state index contributed by atoms with van der Waals surface area (Å²) in [6.45, 7) is 6.33. The lowest BCUT2D eigenvalue weighted by atomic mass is 10.1. The van der Waals surface area contributed by atoms with Crippen molar-refractivity contribution in [2.45, 2.75) is 13.5 Å². The molecule has 0 amide bonds. The summed E-state index contributed by atoms with van der Waals surface area (Å²) in [5, 5.41) is 0.483. The van der Waals surface area contributed by atoms with Gasteiger partial charge in [-0.25, -0.2) is 0 Å². The number of nitrogens with two attached hydrogens (primary N) is 1. The van der Waals surface area contributed by atoms with Crippen LogP contribution in [0.5, 0.6) is 5.75 Å². The van der Waals surface area contributed by atoms with Gasteiger partial charge in [0.25, 0.3) is 0 Å². The average Bonchev–Trinajstić information content (AvgIpc) is 2.15. The van der Waals surface area contributed by atoms with Crippen molar-refractivity contribution in [1.82, 2.24) is 0 Å². The summed E-state index contributed by atoms with van der Waals surface area (Å²) >= 11 is 5.62. The fraction of sp³-hybridized carbons (Fsp3) is 0.273. The van der Waals surface area contributed by atoms with Crippen LogP contribution in [-0.2, 0) is 6.54 Å². The highest BCUT2D eigenvalue weighted by atomic mass is 35.5. The van der Waals surface area contributed by atoms with Crippen LogP contribution < -0.4 is 10.5 Å². The number of halogens is 1. The Kier molecular flexibility index (Phi) is 3.98. The molecule has 14 heavy (non-hydrogen) atoms. The third kappa shape index (κ3) is 2.76. The maximum atomic E-state index is 5.62. The smallest absolute Gasteiger partial charge is 0.127 e. The minimum Gasteiger partial charge on any atom is -0.487 e. The van der Waals surface area contributed by atoms with Gasteiger partial charge in [0.05, 0.1) is 0 Å². The zero-order valence-corrected chi connectivity index (χ0v) is 8.97. The molecule has 2 nitrogen and oxygen atoms in total. The standard InChI is InChI=1S/C11H14ClNO/c1-8-4-3-5-10(6-13)11(8)14-7-9(2)12/h3-5H,2,6-7,13H2,1H3. The summed E-state index contributed by atoms with van der Waals surface area (Å²) in [6, 6.07) is 5.88. The van der Waals surface area contributed by atoms with E-state index in [4.69, 9.17) is 22.1 Å². The van der Waals surface area contributed by atoms with E-state index < -0.39 is 0 Å². The molecule has 0 spiro atoms. The summed E-state index contributed by atoms with van der Waals surface area (Å²) < 4.78 is 5.51. The van der Waals surface area contributed by atoms with Gasteiger partial charge >= 0.3 is 0 Å². The molecular formula is C11H14ClNO. The van der Waals surface area contributed by atoms with Crippen molar-refractivity contribution in [3.63, 3.8) is 0 Å². The first kappa shape index (κ1) is 11.1. The van der Waals surface area contributed by atoms with Crippen LogP contribution in [0.1, 0.15) is 11.1 Å². The van der Waals surface area contributed by atoms with Gasteiger partial charge in [0, 0.05) is 17.1 Å². The largest absolute Gasteiger partial charge is 0.487 e. The number of ether oxygens (including phenoxy) is 1. The molecule has 0 aliphatic rings. The highest BCUT2D eigenvalue weighted by Gasteiger charge is 2.05. The Morgan fingerprint density at radius 1 is 1.57 bits per heavy atom. The normalized spacial score (nSPS) is 9.93. The monoisotopic (exact) mass is 211 g/mol. The molecule has 3 heteroatoms. The molecular weight excluding hydrogens is 198 g/mol. The molecule has 0 bridgehead atoms. The average molecular weight is 212 g/mol. The van der Waals surface area contributed by atoms with Crippen molar-refractivity contribution < 1.29 is 4.74 Å². The topological polar surface area (TPSA) is 35.2 Å². The fourth-order valence-corrected chi connectivity index (χ4v) is 1.29. The second kappa shape index (κ2) is 5.03. The van der Waals surface area contributed by atoms with E-state index in [2.05, 4.69) is 6.58 Å². The van der Waals surface area contributed by atoms with Gasteiger partial charge in [-0.05, 0) is 12.5 Å². The number of aryl methyl sites for hydroxylation is 1. The number of rotatable bonds is 4. The number of hydrogen-bond acceptors (Lipinski definition) is 2. The molecule has 76 valence electrons. The Hall–Kier alpha value is -0.990. The molecule has 0 saturated heterocycles. The Bertz CT molecular complexity index is 336. The van der Waals surface area contributed by atoms with Crippen molar-refractivity contribution in [1.29, 1.82) is 0 Å². The minimum atomic E-state index is 0.319. The third-order valence-electron chi connectivity index (χ3n) is 1.89. The van der Waals surface area contributed by atoms with Crippen molar-refractivity contribution in [3.05, 3.63) is 40.9 Å². The lowest BCUT2D eigenvalue weighted by molar-refractivity contribution is 0.353. The molecule has 0 aromatic heterocycles. The predicted molar refractivity (Wildman–Crippen MR) is 59.6 cm³/mol. The van der Waals surface area contributed by atoms with Gasteiger partial charge in [0.2, 0.25) is 0 Å². The van der Waals surface area contributed by atoms with Crippen LogP contribution >= 0.6 is 11.6 Å². The van der Waals surface area contributed by atoms with Crippen molar-refractivity contribution in [3.8, 4) is 5.75 Å².